The van der Waals surface area contributed by atoms with Crippen molar-refractivity contribution in [3.63, 3.8) is 0 Å². The highest BCUT2D eigenvalue weighted by Gasteiger charge is 2.22. The molecule has 2 aromatic rings. The van der Waals surface area contributed by atoms with Crippen molar-refractivity contribution < 1.29 is 8.42 Å². The number of allylic oxidation sites excluding steroid dienone is 3. The molecule has 0 saturated carbocycles. The summed E-state index contributed by atoms with van der Waals surface area (Å²) in [5, 5.41) is 0.387. The van der Waals surface area contributed by atoms with Crippen molar-refractivity contribution in [1.29, 1.82) is 0 Å². The summed E-state index contributed by atoms with van der Waals surface area (Å²) in [5.74, 6) is 0. The third-order valence-corrected chi connectivity index (χ3v) is 6.02. The third-order valence-electron chi connectivity index (χ3n) is 4.08. The van der Waals surface area contributed by atoms with Gasteiger partial charge in [0.25, 0.3) is 10.0 Å². The summed E-state index contributed by atoms with van der Waals surface area (Å²) >= 11 is 6.31. The minimum atomic E-state index is -3.71. The molecule has 0 aliphatic carbocycles. The number of hydrogen-bond donors (Lipinski definition) is 0. The van der Waals surface area contributed by atoms with Gasteiger partial charge in [-0.1, -0.05) is 85.5 Å². The molecule has 0 aromatic heterocycles. The Labute approximate surface area is 168 Å². The van der Waals surface area contributed by atoms with Crippen LogP contribution in [0.2, 0.25) is 0 Å². The van der Waals surface area contributed by atoms with Gasteiger partial charge in [-0.3, -0.25) is 4.31 Å². The minimum Gasteiger partial charge on any atom is -0.267 e. The average molecular weight is 404 g/mol. The summed E-state index contributed by atoms with van der Waals surface area (Å²) in [6.45, 7) is 4.27. The Morgan fingerprint density at radius 3 is 2.37 bits per heavy atom. The molecule has 2 aromatic carbocycles. The molecule has 0 unspecified atom stereocenters. The van der Waals surface area contributed by atoms with Crippen LogP contribution in [0.3, 0.4) is 0 Å². The number of rotatable bonds is 9. The van der Waals surface area contributed by atoms with Crippen LogP contribution in [0, 0.1) is 6.92 Å². The van der Waals surface area contributed by atoms with Crippen molar-refractivity contribution in [2.75, 3.05) is 0 Å². The molecule has 0 N–H and O–H groups in total. The van der Waals surface area contributed by atoms with Gasteiger partial charge in [-0.15, -0.1) is 0 Å². The Morgan fingerprint density at radius 2 is 1.74 bits per heavy atom. The van der Waals surface area contributed by atoms with Gasteiger partial charge < -0.3 is 0 Å². The number of halogens is 1. The van der Waals surface area contributed by atoms with E-state index in [2.05, 4.69) is 6.92 Å². The van der Waals surface area contributed by atoms with E-state index in [0.717, 1.165) is 30.4 Å². The van der Waals surface area contributed by atoms with Gasteiger partial charge in [0.2, 0.25) is 0 Å². The van der Waals surface area contributed by atoms with Crippen LogP contribution in [-0.2, 0) is 16.6 Å². The predicted molar refractivity (Wildman–Crippen MR) is 113 cm³/mol. The van der Waals surface area contributed by atoms with E-state index in [9.17, 15) is 8.42 Å². The molecule has 144 valence electrons. The van der Waals surface area contributed by atoms with Crippen molar-refractivity contribution >= 4 is 21.6 Å². The van der Waals surface area contributed by atoms with Crippen molar-refractivity contribution in [3.8, 4) is 0 Å². The van der Waals surface area contributed by atoms with Gasteiger partial charge in [0.1, 0.15) is 0 Å². The van der Waals surface area contributed by atoms with Gasteiger partial charge in [0.15, 0.2) is 0 Å². The van der Waals surface area contributed by atoms with Gasteiger partial charge >= 0.3 is 0 Å². The van der Waals surface area contributed by atoms with Crippen molar-refractivity contribution in [2.45, 2.75) is 44.6 Å². The maximum Gasteiger partial charge on any atom is 0.264 e. The Morgan fingerprint density at radius 1 is 1.07 bits per heavy atom. The third kappa shape index (κ3) is 6.56. The molecule has 0 fully saturated rings. The van der Waals surface area contributed by atoms with E-state index in [1.54, 1.807) is 30.3 Å². The fourth-order valence-electron chi connectivity index (χ4n) is 2.51. The molecule has 3 nitrogen and oxygen atoms in total. The quantitative estimate of drug-likeness (QED) is 0.379. The topological polar surface area (TPSA) is 37.4 Å². The Hall–Kier alpha value is -2.04. The van der Waals surface area contributed by atoms with E-state index >= 15 is 0 Å². The summed E-state index contributed by atoms with van der Waals surface area (Å²) < 4.78 is 27.6. The number of benzene rings is 2. The van der Waals surface area contributed by atoms with Crippen LogP contribution in [-0.4, -0.2) is 12.7 Å². The molecule has 0 aliphatic heterocycles. The number of nitrogens with zero attached hydrogens (tertiary/aromatic N) is 1. The second kappa shape index (κ2) is 10.3. The molecule has 0 atom stereocenters. The largest absolute Gasteiger partial charge is 0.267 e. The monoisotopic (exact) mass is 403 g/mol. The van der Waals surface area contributed by atoms with Crippen LogP contribution >= 0.6 is 11.6 Å². The molecule has 0 spiro atoms. The first-order valence-corrected chi connectivity index (χ1v) is 10.9. The molecule has 2 rings (SSSR count). The van der Waals surface area contributed by atoms with E-state index in [0.29, 0.717) is 5.03 Å². The van der Waals surface area contributed by atoms with E-state index in [4.69, 9.17) is 11.6 Å². The predicted octanol–water partition coefficient (Wildman–Crippen LogP) is 6.01. The summed E-state index contributed by atoms with van der Waals surface area (Å²) in [4.78, 5) is 0.250. The van der Waals surface area contributed by atoms with E-state index in [-0.39, 0.29) is 11.4 Å². The van der Waals surface area contributed by atoms with Crippen LogP contribution in [0.15, 0.2) is 82.9 Å². The zero-order valence-corrected chi connectivity index (χ0v) is 17.4. The maximum atomic E-state index is 13.2. The first-order valence-electron chi connectivity index (χ1n) is 9.10. The summed E-state index contributed by atoms with van der Waals surface area (Å²) in [6, 6.07) is 16.3. The highest BCUT2D eigenvalue weighted by atomic mass is 35.5. The number of sulfonamides is 1. The van der Waals surface area contributed by atoms with Crippen LogP contribution in [0.4, 0.5) is 0 Å². The van der Waals surface area contributed by atoms with Crippen molar-refractivity contribution in [2.24, 2.45) is 0 Å². The minimum absolute atomic E-state index is 0.218. The Bertz CT molecular complexity index is 872. The standard InChI is InChI=1S/C22H26ClNO2S/c1-3-4-5-9-12-21(23)18-24(17-20-10-7-6-8-11-20)27(25,26)22-15-13-19(2)14-16-22/h6-16,18H,3-5,17H2,1-2H3/b12-9+,21-18+. The zero-order valence-electron chi connectivity index (χ0n) is 15.8. The van der Waals surface area contributed by atoms with E-state index in [1.165, 1.54) is 10.5 Å². The Balaban J connectivity index is 2.34. The average Bonchev–Trinajstić information content (AvgIpc) is 2.66. The zero-order chi connectivity index (χ0) is 19.7. The molecule has 0 saturated heterocycles. The summed E-state index contributed by atoms with van der Waals surface area (Å²) in [6.07, 6.45) is 8.33. The molecule has 5 heteroatoms. The van der Waals surface area contributed by atoms with E-state index in [1.807, 2.05) is 43.3 Å². The smallest absolute Gasteiger partial charge is 0.264 e. The van der Waals surface area contributed by atoms with Gasteiger partial charge in [0, 0.05) is 6.20 Å². The number of hydrogen-bond acceptors (Lipinski definition) is 2. The van der Waals surface area contributed by atoms with Gasteiger partial charge in [-0.05, 0) is 37.1 Å². The molecular weight excluding hydrogens is 378 g/mol. The maximum absolute atomic E-state index is 13.2. The molecule has 27 heavy (non-hydrogen) atoms. The fraction of sp³-hybridized carbons (Fsp3) is 0.273. The second-order valence-corrected chi connectivity index (χ2v) is 8.73. The molecule has 0 aliphatic rings. The highest BCUT2D eigenvalue weighted by Crippen LogP contribution is 2.21. The van der Waals surface area contributed by atoms with Gasteiger partial charge in [0.05, 0.1) is 16.5 Å². The van der Waals surface area contributed by atoms with Crippen molar-refractivity contribution in [3.05, 3.63) is 89.1 Å². The van der Waals surface area contributed by atoms with Crippen molar-refractivity contribution in [1.82, 2.24) is 4.31 Å². The fourth-order valence-corrected chi connectivity index (χ4v) is 4.09. The highest BCUT2D eigenvalue weighted by molar-refractivity contribution is 7.89. The molecule has 0 bridgehead atoms. The Kier molecular flexibility index (Phi) is 8.14. The molecular formula is C22H26ClNO2S. The SMILES string of the molecule is CCCC/C=C/C(Cl)=C\N(Cc1ccccc1)S(=O)(=O)c1ccc(C)cc1. The van der Waals surface area contributed by atoms with Crippen LogP contribution in [0.25, 0.3) is 0 Å². The lowest BCUT2D eigenvalue weighted by Crippen LogP contribution is -2.26. The van der Waals surface area contributed by atoms with Gasteiger partial charge in [-0.2, -0.15) is 0 Å². The summed E-state index contributed by atoms with van der Waals surface area (Å²) in [5.41, 5.74) is 1.90. The molecule has 0 radical (unpaired) electrons. The van der Waals surface area contributed by atoms with Crippen LogP contribution in [0.1, 0.15) is 37.3 Å². The lowest BCUT2D eigenvalue weighted by atomic mass is 10.2. The first-order chi connectivity index (χ1) is 12.9. The molecule has 0 heterocycles. The number of aryl methyl sites for hydroxylation is 1. The molecule has 0 amide bonds. The summed E-state index contributed by atoms with van der Waals surface area (Å²) in [7, 11) is -3.71. The normalized spacial score (nSPS) is 12.5. The van der Waals surface area contributed by atoms with Crippen LogP contribution in [0.5, 0.6) is 0 Å². The van der Waals surface area contributed by atoms with E-state index < -0.39 is 10.0 Å². The lowest BCUT2D eigenvalue weighted by Gasteiger charge is -2.21. The van der Waals surface area contributed by atoms with Crippen LogP contribution < -0.4 is 0 Å². The number of unbranched alkanes of at least 4 members (excludes halogenated alkanes) is 2. The van der Waals surface area contributed by atoms with Gasteiger partial charge in [-0.25, -0.2) is 8.42 Å². The first kappa shape index (κ1) is 21.3. The lowest BCUT2D eigenvalue weighted by molar-refractivity contribution is 0.495. The second-order valence-electron chi connectivity index (χ2n) is 6.41.